The Morgan fingerprint density at radius 3 is 2.67 bits per heavy atom. The lowest BCUT2D eigenvalue weighted by molar-refractivity contribution is -0.140. The van der Waals surface area contributed by atoms with Crippen LogP contribution in [0.25, 0.3) is 0 Å². The molecule has 1 heterocycles. The molecule has 0 aliphatic heterocycles. The molecular weight excluding hydrogens is 292 g/mol. The molecule has 0 fully saturated rings. The summed E-state index contributed by atoms with van der Waals surface area (Å²) in [6, 6.07) is 5.53. The standard InChI is InChI=1S/C14H22N2O4S/c1-4-16(11-13-8-5-7-12(2)15-13)21(18,19)10-6-9-14(17)20-3/h5,7-8H,4,6,9-11H2,1-3H3. The number of rotatable bonds is 8. The van der Waals surface area contributed by atoms with Gasteiger partial charge in [0.15, 0.2) is 0 Å². The van der Waals surface area contributed by atoms with E-state index in [2.05, 4.69) is 9.72 Å². The normalized spacial score (nSPS) is 11.6. The molecular formula is C14H22N2O4S. The van der Waals surface area contributed by atoms with Gasteiger partial charge in [0, 0.05) is 18.7 Å². The van der Waals surface area contributed by atoms with Crippen LogP contribution in [0.15, 0.2) is 18.2 Å². The van der Waals surface area contributed by atoms with Crippen molar-refractivity contribution in [2.45, 2.75) is 33.2 Å². The molecule has 0 radical (unpaired) electrons. The summed E-state index contributed by atoms with van der Waals surface area (Å²) >= 11 is 0. The van der Waals surface area contributed by atoms with E-state index in [4.69, 9.17) is 0 Å². The fourth-order valence-corrected chi connectivity index (χ4v) is 3.39. The van der Waals surface area contributed by atoms with E-state index in [9.17, 15) is 13.2 Å². The summed E-state index contributed by atoms with van der Waals surface area (Å²) < 4.78 is 30.4. The predicted molar refractivity (Wildman–Crippen MR) is 80.1 cm³/mol. The van der Waals surface area contributed by atoms with Gasteiger partial charge in [0.25, 0.3) is 0 Å². The number of carbonyl (C=O) groups excluding carboxylic acids is 1. The van der Waals surface area contributed by atoms with Crippen molar-refractivity contribution in [2.75, 3.05) is 19.4 Å². The number of hydrogen-bond donors (Lipinski definition) is 0. The van der Waals surface area contributed by atoms with Gasteiger partial charge in [-0.05, 0) is 25.5 Å². The number of methoxy groups -OCH3 is 1. The van der Waals surface area contributed by atoms with Gasteiger partial charge in [-0.15, -0.1) is 0 Å². The molecule has 0 aliphatic carbocycles. The maximum Gasteiger partial charge on any atom is 0.305 e. The fourth-order valence-electron chi connectivity index (χ4n) is 1.91. The van der Waals surface area contributed by atoms with Gasteiger partial charge in [0.05, 0.1) is 25.1 Å². The lowest BCUT2D eigenvalue weighted by Gasteiger charge is -2.20. The average molecular weight is 314 g/mol. The lowest BCUT2D eigenvalue weighted by Crippen LogP contribution is -2.33. The quantitative estimate of drug-likeness (QED) is 0.680. The van der Waals surface area contributed by atoms with E-state index in [1.807, 2.05) is 19.1 Å². The van der Waals surface area contributed by atoms with Crippen LogP contribution in [0.3, 0.4) is 0 Å². The van der Waals surface area contributed by atoms with Crippen LogP contribution in [0.1, 0.15) is 31.2 Å². The van der Waals surface area contributed by atoms with Crippen LogP contribution in [0.4, 0.5) is 0 Å². The van der Waals surface area contributed by atoms with Crippen molar-refractivity contribution in [1.29, 1.82) is 0 Å². The second-order valence-corrected chi connectivity index (χ2v) is 6.78. The Morgan fingerprint density at radius 2 is 2.10 bits per heavy atom. The van der Waals surface area contributed by atoms with E-state index in [0.29, 0.717) is 12.2 Å². The number of esters is 1. The minimum absolute atomic E-state index is 0.0677. The number of carbonyl (C=O) groups is 1. The van der Waals surface area contributed by atoms with Gasteiger partial charge in [-0.2, -0.15) is 4.31 Å². The first-order chi connectivity index (χ1) is 9.89. The number of ether oxygens (including phenoxy) is 1. The Morgan fingerprint density at radius 1 is 1.38 bits per heavy atom. The van der Waals surface area contributed by atoms with Crippen LogP contribution >= 0.6 is 0 Å². The molecule has 6 nitrogen and oxygen atoms in total. The average Bonchev–Trinajstić information content (AvgIpc) is 2.44. The zero-order valence-electron chi connectivity index (χ0n) is 12.7. The van der Waals surface area contributed by atoms with Gasteiger partial charge in [-0.3, -0.25) is 9.78 Å². The Bertz CT molecular complexity index is 572. The largest absolute Gasteiger partial charge is 0.469 e. The fraction of sp³-hybridized carbons (Fsp3) is 0.571. The molecule has 0 bridgehead atoms. The molecule has 0 saturated carbocycles. The second kappa shape index (κ2) is 8.09. The van der Waals surface area contributed by atoms with Crippen LogP contribution in [0, 0.1) is 6.92 Å². The number of pyridine rings is 1. The summed E-state index contributed by atoms with van der Waals surface area (Å²) in [5.41, 5.74) is 1.57. The Hall–Kier alpha value is -1.47. The molecule has 0 N–H and O–H groups in total. The third-order valence-electron chi connectivity index (χ3n) is 3.04. The number of nitrogens with zero attached hydrogens (tertiary/aromatic N) is 2. The van der Waals surface area contributed by atoms with Crippen LogP contribution < -0.4 is 0 Å². The van der Waals surface area contributed by atoms with Gasteiger partial charge in [-0.1, -0.05) is 13.0 Å². The van der Waals surface area contributed by atoms with Crippen molar-refractivity contribution < 1.29 is 17.9 Å². The first kappa shape index (κ1) is 17.6. The Labute approximate surface area is 126 Å². The summed E-state index contributed by atoms with van der Waals surface area (Å²) in [7, 11) is -2.11. The second-order valence-electron chi connectivity index (χ2n) is 4.69. The zero-order valence-corrected chi connectivity index (χ0v) is 13.5. The van der Waals surface area contributed by atoms with E-state index in [1.54, 1.807) is 13.0 Å². The first-order valence-corrected chi connectivity index (χ1v) is 8.47. The predicted octanol–water partition coefficient (Wildman–Crippen LogP) is 1.49. The van der Waals surface area contributed by atoms with E-state index < -0.39 is 16.0 Å². The summed E-state index contributed by atoms with van der Waals surface area (Å²) in [5, 5.41) is 0. The first-order valence-electron chi connectivity index (χ1n) is 6.86. The molecule has 0 saturated heterocycles. The molecule has 21 heavy (non-hydrogen) atoms. The van der Waals surface area contributed by atoms with Crippen molar-refractivity contribution in [3.8, 4) is 0 Å². The van der Waals surface area contributed by atoms with E-state index >= 15 is 0 Å². The zero-order chi connectivity index (χ0) is 15.9. The van der Waals surface area contributed by atoms with E-state index in [0.717, 1.165) is 5.69 Å². The monoisotopic (exact) mass is 314 g/mol. The van der Waals surface area contributed by atoms with Gasteiger partial charge in [0.1, 0.15) is 0 Å². The van der Waals surface area contributed by atoms with Crippen molar-refractivity contribution in [3.05, 3.63) is 29.6 Å². The van der Waals surface area contributed by atoms with Crippen LogP contribution in [-0.4, -0.2) is 43.1 Å². The van der Waals surface area contributed by atoms with Crippen molar-refractivity contribution >= 4 is 16.0 Å². The molecule has 0 aliphatic rings. The molecule has 0 atom stereocenters. The topological polar surface area (TPSA) is 76.6 Å². The molecule has 1 aromatic heterocycles. The van der Waals surface area contributed by atoms with Crippen molar-refractivity contribution in [2.24, 2.45) is 0 Å². The van der Waals surface area contributed by atoms with E-state index in [1.165, 1.54) is 11.4 Å². The maximum atomic E-state index is 12.3. The van der Waals surface area contributed by atoms with Gasteiger partial charge >= 0.3 is 5.97 Å². The smallest absolute Gasteiger partial charge is 0.305 e. The van der Waals surface area contributed by atoms with Gasteiger partial charge in [0.2, 0.25) is 10.0 Å². The molecule has 0 spiro atoms. The summed E-state index contributed by atoms with van der Waals surface area (Å²) in [6.45, 7) is 4.27. The van der Waals surface area contributed by atoms with Crippen molar-refractivity contribution in [3.63, 3.8) is 0 Å². The number of aryl methyl sites for hydroxylation is 1. The van der Waals surface area contributed by atoms with E-state index in [-0.39, 0.29) is 25.1 Å². The highest BCUT2D eigenvalue weighted by Crippen LogP contribution is 2.10. The van der Waals surface area contributed by atoms with Crippen LogP contribution in [-0.2, 0) is 26.1 Å². The molecule has 1 aromatic rings. The molecule has 7 heteroatoms. The SMILES string of the molecule is CCN(Cc1cccc(C)n1)S(=O)(=O)CCCC(=O)OC. The van der Waals surface area contributed by atoms with Crippen LogP contribution in [0.2, 0.25) is 0 Å². The summed E-state index contributed by atoms with van der Waals surface area (Å²) in [6.07, 6.45) is 0.364. The molecule has 118 valence electrons. The van der Waals surface area contributed by atoms with Gasteiger partial charge < -0.3 is 4.74 Å². The minimum Gasteiger partial charge on any atom is -0.469 e. The minimum atomic E-state index is -3.40. The van der Waals surface area contributed by atoms with Gasteiger partial charge in [-0.25, -0.2) is 8.42 Å². The number of sulfonamides is 1. The molecule has 0 aromatic carbocycles. The third kappa shape index (κ3) is 5.81. The molecule has 0 unspecified atom stereocenters. The highest BCUT2D eigenvalue weighted by Gasteiger charge is 2.21. The summed E-state index contributed by atoms with van der Waals surface area (Å²) in [4.78, 5) is 15.3. The summed E-state index contributed by atoms with van der Waals surface area (Å²) in [5.74, 6) is -0.463. The third-order valence-corrected chi connectivity index (χ3v) is 5.02. The van der Waals surface area contributed by atoms with Crippen molar-refractivity contribution in [1.82, 2.24) is 9.29 Å². The highest BCUT2D eigenvalue weighted by atomic mass is 32.2. The lowest BCUT2D eigenvalue weighted by atomic mass is 10.3. The maximum absolute atomic E-state index is 12.3. The number of hydrogen-bond acceptors (Lipinski definition) is 5. The number of aromatic nitrogens is 1. The Balaban J connectivity index is 2.67. The molecule has 1 rings (SSSR count). The van der Waals surface area contributed by atoms with Crippen LogP contribution in [0.5, 0.6) is 0 Å². The Kier molecular flexibility index (Phi) is 6.77. The highest BCUT2D eigenvalue weighted by molar-refractivity contribution is 7.89. The molecule has 0 amide bonds.